The summed E-state index contributed by atoms with van der Waals surface area (Å²) in [5.74, 6) is -0.149. The first-order valence-electron chi connectivity index (χ1n) is 10.3. The summed E-state index contributed by atoms with van der Waals surface area (Å²) in [5.41, 5.74) is 0. The molecule has 2 saturated heterocycles. The van der Waals surface area contributed by atoms with Crippen molar-refractivity contribution >= 4 is 26.0 Å². The maximum absolute atomic E-state index is 12.8. The van der Waals surface area contributed by atoms with E-state index >= 15 is 0 Å². The molecule has 2 fully saturated rings. The second-order valence-electron chi connectivity index (χ2n) is 7.78. The van der Waals surface area contributed by atoms with E-state index in [0.29, 0.717) is 19.1 Å². The van der Waals surface area contributed by atoms with Crippen LogP contribution in [0.2, 0.25) is 0 Å². The Morgan fingerprint density at radius 1 is 0.900 bits per heavy atom. The van der Waals surface area contributed by atoms with Crippen LogP contribution in [0, 0.1) is 0 Å². The number of likely N-dealkylation sites (tertiary alicyclic amines) is 2. The minimum absolute atomic E-state index is 0.111. The van der Waals surface area contributed by atoms with Crippen molar-refractivity contribution < 1.29 is 21.6 Å². The van der Waals surface area contributed by atoms with Crippen LogP contribution in [0.15, 0.2) is 22.2 Å². The first-order valence-corrected chi connectivity index (χ1v) is 13.2. The quantitative estimate of drug-likeness (QED) is 0.579. The normalized spacial score (nSPS) is 19.9. The van der Waals surface area contributed by atoms with Crippen LogP contribution >= 0.6 is 0 Å². The second kappa shape index (κ2) is 9.35. The molecule has 0 bridgehead atoms. The molecule has 0 radical (unpaired) electrons. The molecular formula is C18H31N5O5S2. The van der Waals surface area contributed by atoms with Gasteiger partial charge in [0.1, 0.15) is 16.3 Å². The van der Waals surface area contributed by atoms with Crippen molar-refractivity contribution in [3.63, 3.8) is 0 Å². The van der Waals surface area contributed by atoms with E-state index in [9.17, 15) is 21.6 Å². The van der Waals surface area contributed by atoms with Crippen molar-refractivity contribution in [2.24, 2.45) is 0 Å². The summed E-state index contributed by atoms with van der Waals surface area (Å²) in [5, 5.41) is 0. The van der Waals surface area contributed by atoms with Gasteiger partial charge in [-0.05, 0) is 52.9 Å². The molecule has 1 amide bonds. The Hall–Kier alpha value is -1.47. The van der Waals surface area contributed by atoms with Crippen LogP contribution in [0.3, 0.4) is 0 Å². The molecule has 10 nitrogen and oxygen atoms in total. The van der Waals surface area contributed by atoms with Gasteiger partial charge in [0.25, 0.3) is 0 Å². The predicted octanol–water partition coefficient (Wildman–Crippen LogP) is -0.219. The third-order valence-corrected chi connectivity index (χ3v) is 8.98. The molecule has 0 atom stereocenters. The van der Waals surface area contributed by atoms with E-state index in [-0.39, 0.29) is 22.2 Å². The fourth-order valence-electron chi connectivity index (χ4n) is 4.20. The van der Waals surface area contributed by atoms with Crippen molar-refractivity contribution in [2.75, 3.05) is 40.3 Å². The summed E-state index contributed by atoms with van der Waals surface area (Å²) in [6.07, 6.45) is 8.00. The van der Waals surface area contributed by atoms with E-state index in [0.717, 1.165) is 25.9 Å². The van der Waals surface area contributed by atoms with Crippen LogP contribution in [0.4, 0.5) is 0 Å². The minimum Gasteiger partial charge on any atom is -0.342 e. The first-order chi connectivity index (χ1) is 14.2. The van der Waals surface area contributed by atoms with Gasteiger partial charge in [-0.15, -0.1) is 0 Å². The Morgan fingerprint density at radius 2 is 1.40 bits per heavy atom. The van der Waals surface area contributed by atoms with Gasteiger partial charge in [0.05, 0.1) is 0 Å². The molecule has 3 rings (SSSR count). The lowest BCUT2D eigenvalue weighted by atomic mass is 10.00. The number of sulfonamides is 2. The molecule has 1 aromatic rings. The molecule has 170 valence electrons. The third kappa shape index (κ3) is 5.05. The predicted molar refractivity (Wildman–Crippen MR) is 112 cm³/mol. The van der Waals surface area contributed by atoms with Crippen molar-refractivity contribution in [1.29, 1.82) is 0 Å². The Morgan fingerprint density at radius 3 is 1.87 bits per heavy atom. The zero-order chi connectivity index (χ0) is 21.9. The van der Waals surface area contributed by atoms with Gasteiger partial charge in [0.2, 0.25) is 26.0 Å². The van der Waals surface area contributed by atoms with Gasteiger partial charge in [-0.2, -0.15) is 0 Å². The molecule has 1 aromatic heterocycles. The topological polar surface area (TPSA) is 121 Å². The Balaban J connectivity index is 1.69. The number of nitrogens with one attached hydrogen (secondary N) is 2. The number of amides is 1. The highest BCUT2D eigenvalue weighted by Crippen LogP contribution is 2.23. The molecule has 0 unspecified atom stereocenters. The summed E-state index contributed by atoms with van der Waals surface area (Å²) >= 11 is 0. The number of nitrogens with zero attached hydrogens (tertiary/aromatic N) is 3. The molecule has 3 heterocycles. The molecule has 2 aliphatic rings. The fraction of sp³-hybridized carbons (Fsp3) is 0.722. The van der Waals surface area contributed by atoms with Gasteiger partial charge in [0.15, 0.2) is 0 Å². The number of hydrogen-bond acceptors (Lipinski definition) is 6. The van der Waals surface area contributed by atoms with E-state index in [1.807, 2.05) is 0 Å². The van der Waals surface area contributed by atoms with Gasteiger partial charge in [-0.25, -0.2) is 26.3 Å². The van der Waals surface area contributed by atoms with Gasteiger partial charge < -0.3 is 14.4 Å². The molecule has 0 aliphatic carbocycles. The molecular weight excluding hydrogens is 430 g/mol. The van der Waals surface area contributed by atoms with Crippen molar-refractivity contribution in [2.45, 2.75) is 54.5 Å². The van der Waals surface area contributed by atoms with Crippen LogP contribution in [0.1, 0.15) is 32.1 Å². The molecule has 0 spiro atoms. The van der Waals surface area contributed by atoms with Crippen LogP contribution in [-0.2, 0) is 31.4 Å². The van der Waals surface area contributed by atoms with Crippen molar-refractivity contribution in [1.82, 2.24) is 23.8 Å². The Labute approximate surface area is 178 Å². The highest BCUT2D eigenvalue weighted by Gasteiger charge is 2.30. The van der Waals surface area contributed by atoms with E-state index in [2.05, 4.69) is 14.3 Å². The van der Waals surface area contributed by atoms with Crippen LogP contribution < -0.4 is 9.44 Å². The maximum atomic E-state index is 12.8. The van der Waals surface area contributed by atoms with Crippen molar-refractivity contribution in [3.8, 4) is 0 Å². The summed E-state index contributed by atoms with van der Waals surface area (Å²) in [7, 11) is -5.59. The number of piperidine rings is 2. The van der Waals surface area contributed by atoms with Crippen LogP contribution in [-0.4, -0.2) is 83.4 Å². The highest BCUT2D eigenvalue weighted by atomic mass is 32.2. The molecule has 2 aliphatic heterocycles. The van der Waals surface area contributed by atoms with Gasteiger partial charge in [0, 0.05) is 31.5 Å². The summed E-state index contributed by atoms with van der Waals surface area (Å²) in [6, 6.07) is 0.515. The number of carbonyl (C=O) groups is 1. The SMILES string of the molecule is CNS(=O)(=O)c1cn(CC(=O)N2CCC(N3CCCCC3)CC2)cc1S(=O)(=O)NC. The zero-order valence-electron chi connectivity index (χ0n) is 17.5. The van der Waals surface area contributed by atoms with E-state index < -0.39 is 20.0 Å². The highest BCUT2D eigenvalue weighted by molar-refractivity contribution is 7.92. The minimum atomic E-state index is -4.00. The average molecular weight is 462 g/mol. The summed E-state index contributed by atoms with van der Waals surface area (Å²) in [4.78, 5) is 16.3. The van der Waals surface area contributed by atoms with Gasteiger partial charge in [-0.1, -0.05) is 6.42 Å². The van der Waals surface area contributed by atoms with Gasteiger partial charge in [-0.3, -0.25) is 4.79 Å². The Kier molecular flexibility index (Phi) is 7.23. The number of rotatable bonds is 7. The largest absolute Gasteiger partial charge is 0.342 e. The lowest BCUT2D eigenvalue weighted by Gasteiger charge is -2.40. The first kappa shape index (κ1) is 23.2. The van der Waals surface area contributed by atoms with E-state index in [1.165, 1.54) is 50.3 Å². The number of carbonyl (C=O) groups excluding carboxylic acids is 1. The Bertz CT molecular complexity index is 908. The van der Waals surface area contributed by atoms with Crippen molar-refractivity contribution in [3.05, 3.63) is 12.4 Å². The molecule has 0 saturated carbocycles. The fourth-order valence-corrected chi connectivity index (χ4v) is 6.48. The average Bonchev–Trinajstić information content (AvgIpc) is 3.20. The van der Waals surface area contributed by atoms with E-state index in [1.54, 1.807) is 4.90 Å². The van der Waals surface area contributed by atoms with Gasteiger partial charge >= 0.3 is 0 Å². The zero-order valence-corrected chi connectivity index (χ0v) is 19.1. The molecule has 12 heteroatoms. The summed E-state index contributed by atoms with van der Waals surface area (Å²) < 4.78 is 54.6. The molecule has 30 heavy (non-hydrogen) atoms. The monoisotopic (exact) mass is 461 g/mol. The molecule has 0 aromatic carbocycles. The smallest absolute Gasteiger partial charge is 0.243 e. The maximum Gasteiger partial charge on any atom is 0.243 e. The third-order valence-electron chi connectivity index (χ3n) is 5.97. The second-order valence-corrected chi connectivity index (χ2v) is 11.5. The number of hydrogen-bond donors (Lipinski definition) is 2. The number of aromatic nitrogens is 1. The van der Waals surface area contributed by atoms with Crippen LogP contribution in [0.5, 0.6) is 0 Å². The lowest BCUT2D eigenvalue weighted by molar-refractivity contribution is -0.133. The standard InChI is InChI=1S/C18H31N5O5S2/c1-19-29(25,26)16-12-21(13-17(16)30(27,28)20-2)14-18(24)23-10-6-15(7-11-23)22-8-4-3-5-9-22/h12-13,15,19-20H,3-11,14H2,1-2H3. The van der Waals surface area contributed by atoms with Crippen LogP contribution in [0.25, 0.3) is 0 Å². The lowest BCUT2D eigenvalue weighted by Crippen LogP contribution is -2.48. The van der Waals surface area contributed by atoms with E-state index in [4.69, 9.17) is 0 Å². The molecule has 2 N–H and O–H groups in total. The summed E-state index contributed by atoms with van der Waals surface area (Å²) in [6.45, 7) is 3.47.